The van der Waals surface area contributed by atoms with E-state index in [1.165, 1.54) is 12.8 Å². The van der Waals surface area contributed by atoms with Crippen LogP contribution in [0.25, 0.3) is 0 Å². The first-order chi connectivity index (χ1) is 10.6. The van der Waals surface area contributed by atoms with E-state index < -0.39 is 5.60 Å². The van der Waals surface area contributed by atoms with Crippen LogP contribution in [0, 0.1) is 0 Å². The van der Waals surface area contributed by atoms with Crippen LogP contribution in [0.15, 0.2) is 0 Å². The Kier molecular flexibility index (Phi) is 7.12. The van der Waals surface area contributed by atoms with Gasteiger partial charge in [0.2, 0.25) is 5.91 Å². The highest BCUT2D eigenvalue weighted by Crippen LogP contribution is 2.26. The first kappa shape index (κ1) is 17.7. The van der Waals surface area contributed by atoms with E-state index in [1.54, 1.807) is 0 Å². The Morgan fingerprint density at radius 3 is 2.23 bits per heavy atom. The van der Waals surface area contributed by atoms with Gasteiger partial charge in [0.15, 0.2) is 0 Å². The maximum atomic E-state index is 12.0. The largest absolute Gasteiger partial charge is 0.388 e. The smallest absolute Gasteiger partial charge is 0.221 e. The second kappa shape index (κ2) is 8.85. The number of rotatable bonds is 6. The molecule has 0 aromatic rings. The summed E-state index contributed by atoms with van der Waals surface area (Å²) in [7, 11) is 0. The minimum absolute atomic E-state index is 0.0793. The first-order valence-corrected chi connectivity index (χ1v) is 9.05. The van der Waals surface area contributed by atoms with Gasteiger partial charge in [-0.2, -0.15) is 0 Å². The summed E-state index contributed by atoms with van der Waals surface area (Å²) in [5, 5.41) is 13.5. The number of aliphatic hydroxyl groups is 1. The zero-order valence-corrected chi connectivity index (χ0v) is 14.1. The average Bonchev–Trinajstić information content (AvgIpc) is 2.76. The maximum absolute atomic E-state index is 12.0. The summed E-state index contributed by atoms with van der Waals surface area (Å²) < 4.78 is 0. The highest BCUT2D eigenvalue weighted by Gasteiger charge is 2.28. The van der Waals surface area contributed by atoms with Crippen LogP contribution in [0.1, 0.15) is 51.9 Å². The van der Waals surface area contributed by atoms with Crippen molar-refractivity contribution < 1.29 is 9.90 Å². The molecule has 2 fully saturated rings. The number of carbonyl (C=O) groups is 1. The molecule has 2 N–H and O–H groups in total. The van der Waals surface area contributed by atoms with E-state index in [-0.39, 0.29) is 5.91 Å². The van der Waals surface area contributed by atoms with Gasteiger partial charge in [0, 0.05) is 45.7 Å². The molecule has 1 amide bonds. The van der Waals surface area contributed by atoms with Gasteiger partial charge in [-0.05, 0) is 19.4 Å². The van der Waals surface area contributed by atoms with Gasteiger partial charge in [-0.25, -0.2) is 0 Å². The van der Waals surface area contributed by atoms with Crippen LogP contribution in [0.2, 0.25) is 0 Å². The third kappa shape index (κ3) is 5.86. The monoisotopic (exact) mass is 311 g/mol. The van der Waals surface area contributed by atoms with E-state index in [0.29, 0.717) is 13.0 Å². The van der Waals surface area contributed by atoms with Gasteiger partial charge >= 0.3 is 0 Å². The lowest BCUT2D eigenvalue weighted by atomic mass is 9.94. The summed E-state index contributed by atoms with van der Waals surface area (Å²) in [6.07, 6.45) is 6.77. The van der Waals surface area contributed by atoms with E-state index in [4.69, 9.17) is 0 Å². The molecule has 0 bridgehead atoms. The van der Waals surface area contributed by atoms with Gasteiger partial charge in [0.25, 0.3) is 0 Å². The minimum atomic E-state index is -0.668. The standard InChI is InChI=1S/C17H33N3O2/c1-2-19-11-13-20(14-12-19)10-7-16(21)18-15-17(22)8-5-3-4-6-9-17/h22H,2-15H2,1H3,(H,18,21). The van der Waals surface area contributed by atoms with Crippen LogP contribution in [0.3, 0.4) is 0 Å². The van der Waals surface area contributed by atoms with Crippen LogP contribution < -0.4 is 5.32 Å². The fraction of sp³-hybridized carbons (Fsp3) is 0.941. The number of likely N-dealkylation sites (N-methyl/N-ethyl adjacent to an activating group) is 1. The Morgan fingerprint density at radius 1 is 1.05 bits per heavy atom. The van der Waals surface area contributed by atoms with Crippen LogP contribution in [0.4, 0.5) is 0 Å². The van der Waals surface area contributed by atoms with Gasteiger partial charge in [0.1, 0.15) is 0 Å². The van der Waals surface area contributed by atoms with Gasteiger partial charge < -0.3 is 20.2 Å². The zero-order valence-electron chi connectivity index (χ0n) is 14.1. The number of nitrogens with one attached hydrogen (secondary N) is 1. The first-order valence-electron chi connectivity index (χ1n) is 9.05. The van der Waals surface area contributed by atoms with Crippen molar-refractivity contribution in [2.24, 2.45) is 0 Å². The Balaban J connectivity index is 1.61. The molecule has 0 unspecified atom stereocenters. The van der Waals surface area contributed by atoms with Crippen molar-refractivity contribution in [3.8, 4) is 0 Å². The van der Waals surface area contributed by atoms with Crippen molar-refractivity contribution in [3.05, 3.63) is 0 Å². The molecule has 0 atom stereocenters. The van der Waals surface area contributed by atoms with Crippen LogP contribution in [0.5, 0.6) is 0 Å². The highest BCUT2D eigenvalue weighted by atomic mass is 16.3. The molecule has 2 rings (SSSR count). The fourth-order valence-electron chi connectivity index (χ4n) is 3.50. The zero-order chi connectivity index (χ0) is 15.8. The third-order valence-electron chi connectivity index (χ3n) is 5.22. The van der Waals surface area contributed by atoms with Gasteiger partial charge in [-0.15, -0.1) is 0 Å². The number of amides is 1. The van der Waals surface area contributed by atoms with E-state index >= 15 is 0 Å². The Bertz CT molecular complexity index is 333. The van der Waals surface area contributed by atoms with Crippen molar-refractivity contribution in [3.63, 3.8) is 0 Å². The highest BCUT2D eigenvalue weighted by molar-refractivity contribution is 5.76. The lowest BCUT2D eigenvalue weighted by molar-refractivity contribution is -0.123. The molecular weight excluding hydrogens is 278 g/mol. The minimum Gasteiger partial charge on any atom is -0.388 e. The Labute approximate surface area is 135 Å². The normalized spacial score (nSPS) is 23.9. The van der Waals surface area contributed by atoms with Gasteiger partial charge in [0.05, 0.1) is 5.60 Å². The Morgan fingerprint density at radius 2 is 1.64 bits per heavy atom. The predicted molar refractivity (Wildman–Crippen MR) is 88.8 cm³/mol. The summed E-state index contributed by atoms with van der Waals surface area (Å²) in [5.41, 5.74) is -0.668. The molecular formula is C17H33N3O2. The van der Waals surface area contributed by atoms with E-state index in [0.717, 1.165) is 65.0 Å². The predicted octanol–water partition coefficient (Wildman–Crippen LogP) is 1.22. The van der Waals surface area contributed by atoms with Crippen molar-refractivity contribution in [1.82, 2.24) is 15.1 Å². The van der Waals surface area contributed by atoms with Crippen LogP contribution in [-0.2, 0) is 4.79 Å². The number of carbonyl (C=O) groups excluding carboxylic acids is 1. The topological polar surface area (TPSA) is 55.8 Å². The lowest BCUT2D eigenvalue weighted by Gasteiger charge is -2.34. The summed E-state index contributed by atoms with van der Waals surface area (Å²) in [6, 6.07) is 0. The molecule has 1 aliphatic carbocycles. The van der Waals surface area contributed by atoms with Crippen LogP contribution >= 0.6 is 0 Å². The molecule has 1 saturated carbocycles. The molecule has 1 saturated heterocycles. The van der Waals surface area contributed by atoms with E-state index in [2.05, 4.69) is 22.0 Å². The quantitative estimate of drug-likeness (QED) is 0.724. The lowest BCUT2D eigenvalue weighted by Crippen LogP contribution is -2.47. The molecule has 5 nitrogen and oxygen atoms in total. The molecule has 0 aromatic carbocycles. The number of hydrogen-bond donors (Lipinski definition) is 2. The summed E-state index contributed by atoms with van der Waals surface area (Å²) in [4.78, 5) is 16.8. The fourth-order valence-corrected chi connectivity index (χ4v) is 3.50. The van der Waals surface area contributed by atoms with Crippen molar-refractivity contribution in [1.29, 1.82) is 0 Å². The SMILES string of the molecule is CCN1CCN(CCC(=O)NCC2(O)CCCCCC2)CC1. The maximum Gasteiger partial charge on any atom is 0.221 e. The van der Waals surface area contributed by atoms with Crippen LogP contribution in [-0.4, -0.2) is 72.2 Å². The molecule has 1 aliphatic heterocycles. The molecule has 0 radical (unpaired) electrons. The molecule has 1 heterocycles. The van der Waals surface area contributed by atoms with E-state index in [9.17, 15) is 9.90 Å². The van der Waals surface area contributed by atoms with Gasteiger partial charge in [-0.1, -0.05) is 32.6 Å². The molecule has 2 aliphatic rings. The third-order valence-corrected chi connectivity index (χ3v) is 5.22. The number of hydrogen-bond acceptors (Lipinski definition) is 4. The second-order valence-corrected chi connectivity index (χ2v) is 6.94. The number of nitrogens with zero attached hydrogens (tertiary/aromatic N) is 2. The average molecular weight is 311 g/mol. The summed E-state index contributed by atoms with van der Waals surface area (Å²) >= 11 is 0. The molecule has 5 heteroatoms. The Hall–Kier alpha value is -0.650. The molecule has 0 aromatic heterocycles. The van der Waals surface area contributed by atoms with E-state index in [1.807, 2.05) is 0 Å². The van der Waals surface area contributed by atoms with Gasteiger partial charge in [-0.3, -0.25) is 4.79 Å². The summed E-state index contributed by atoms with van der Waals surface area (Å²) in [6.45, 7) is 8.91. The molecule has 128 valence electrons. The second-order valence-electron chi connectivity index (χ2n) is 6.94. The van der Waals surface area contributed by atoms with Crippen molar-refractivity contribution in [2.75, 3.05) is 45.8 Å². The van der Waals surface area contributed by atoms with Crippen molar-refractivity contribution in [2.45, 2.75) is 57.5 Å². The van der Waals surface area contributed by atoms with Crippen molar-refractivity contribution >= 4 is 5.91 Å². The molecule has 22 heavy (non-hydrogen) atoms. The summed E-state index contributed by atoms with van der Waals surface area (Å²) in [5.74, 6) is 0.0793. The molecule has 0 spiro atoms. The number of piperazine rings is 1.